The van der Waals surface area contributed by atoms with Crippen molar-refractivity contribution in [1.82, 2.24) is 10.2 Å². The SMILES string of the molecule is CCN(CCNC(C)C)Cc1cccc(F)c1. The summed E-state index contributed by atoms with van der Waals surface area (Å²) in [6.07, 6.45) is 0. The van der Waals surface area contributed by atoms with Gasteiger partial charge in [0.15, 0.2) is 0 Å². The van der Waals surface area contributed by atoms with Crippen LogP contribution in [0.2, 0.25) is 0 Å². The lowest BCUT2D eigenvalue weighted by Gasteiger charge is -2.21. The molecule has 0 fully saturated rings. The molecule has 0 heterocycles. The molecule has 0 spiro atoms. The van der Waals surface area contributed by atoms with E-state index in [1.54, 1.807) is 12.1 Å². The molecule has 0 bridgehead atoms. The minimum Gasteiger partial charge on any atom is -0.313 e. The summed E-state index contributed by atoms with van der Waals surface area (Å²) in [5.74, 6) is -0.154. The highest BCUT2D eigenvalue weighted by Crippen LogP contribution is 2.06. The predicted octanol–water partition coefficient (Wildman–Crippen LogP) is 2.65. The Balaban J connectivity index is 2.41. The summed E-state index contributed by atoms with van der Waals surface area (Å²) in [6, 6.07) is 7.35. The topological polar surface area (TPSA) is 15.3 Å². The van der Waals surface area contributed by atoms with Gasteiger partial charge < -0.3 is 5.32 Å². The van der Waals surface area contributed by atoms with Crippen LogP contribution in [-0.4, -0.2) is 30.6 Å². The van der Waals surface area contributed by atoms with Crippen LogP contribution in [0.25, 0.3) is 0 Å². The van der Waals surface area contributed by atoms with Crippen LogP contribution in [0, 0.1) is 5.82 Å². The first-order valence-corrected chi connectivity index (χ1v) is 6.32. The van der Waals surface area contributed by atoms with Gasteiger partial charge >= 0.3 is 0 Å². The van der Waals surface area contributed by atoms with Crippen molar-refractivity contribution in [2.24, 2.45) is 0 Å². The molecule has 3 heteroatoms. The standard InChI is InChI=1S/C14H23FN2/c1-4-17(9-8-16-12(2)3)11-13-6-5-7-14(15)10-13/h5-7,10,12,16H,4,8-9,11H2,1-3H3. The Morgan fingerprint density at radius 3 is 2.71 bits per heavy atom. The highest BCUT2D eigenvalue weighted by atomic mass is 19.1. The van der Waals surface area contributed by atoms with Gasteiger partial charge in [-0.2, -0.15) is 0 Å². The van der Waals surface area contributed by atoms with E-state index in [1.165, 1.54) is 6.07 Å². The normalized spacial score (nSPS) is 11.4. The lowest BCUT2D eigenvalue weighted by atomic mass is 10.2. The van der Waals surface area contributed by atoms with E-state index in [2.05, 4.69) is 31.0 Å². The number of nitrogens with one attached hydrogen (secondary N) is 1. The highest BCUT2D eigenvalue weighted by molar-refractivity contribution is 5.16. The Labute approximate surface area is 104 Å². The van der Waals surface area contributed by atoms with Gasteiger partial charge in [0, 0.05) is 25.7 Å². The molecule has 0 atom stereocenters. The Hall–Kier alpha value is -0.930. The fourth-order valence-electron chi connectivity index (χ4n) is 1.75. The van der Waals surface area contributed by atoms with Gasteiger partial charge in [0.1, 0.15) is 5.82 Å². The molecule has 0 amide bonds. The van der Waals surface area contributed by atoms with Crippen LogP contribution in [0.3, 0.4) is 0 Å². The zero-order valence-electron chi connectivity index (χ0n) is 11.0. The maximum Gasteiger partial charge on any atom is 0.123 e. The molecule has 0 radical (unpaired) electrons. The summed E-state index contributed by atoms with van der Waals surface area (Å²) >= 11 is 0. The largest absolute Gasteiger partial charge is 0.313 e. The van der Waals surface area contributed by atoms with Gasteiger partial charge in [-0.1, -0.05) is 32.9 Å². The molecule has 0 unspecified atom stereocenters. The lowest BCUT2D eigenvalue weighted by Crippen LogP contribution is -2.34. The van der Waals surface area contributed by atoms with E-state index in [4.69, 9.17) is 0 Å². The van der Waals surface area contributed by atoms with Gasteiger partial charge in [0.25, 0.3) is 0 Å². The molecule has 1 aromatic rings. The summed E-state index contributed by atoms with van der Waals surface area (Å²) in [5, 5.41) is 3.39. The fourth-order valence-corrected chi connectivity index (χ4v) is 1.75. The van der Waals surface area contributed by atoms with Crippen LogP contribution in [0.5, 0.6) is 0 Å². The maximum atomic E-state index is 13.0. The highest BCUT2D eigenvalue weighted by Gasteiger charge is 2.04. The van der Waals surface area contributed by atoms with E-state index in [1.807, 2.05) is 6.07 Å². The first-order chi connectivity index (χ1) is 8.11. The molecule has 1 N–H and O–H groups in total. The number of rotatable bonds is 7. The van der Waals surface area contributed by atoms with Gasteiger partial charge in [0.05, 0.1) is 0 Å². The van der Waals surface area contributed by atoms with Crippen LogP contribution in [0.1, 0.15) is 26.3 Å². The Morgan fingerprint density at radius 2 is 2.12 bits per heavy atom. The van der Waals surface area contributed by atoms with E-state index < -0.39 is 0 Å². The van der Waals surface area contributed by atoms with Crippen LogP contribution in [0.4, 0.5) is 4.39 Å². The smallest absolute Gasteiger partial charge is 0.123 e. The van der Waals surface area contributed by atoms with Crippen LogP contribution < -0.4 is 5.32 Å². The molecule has 1 aromatic carbocycles. The summed E-state index contributed by atoms with van der Waals surface area (Å²) < 4.78 is 13.0. The van der Waals surface area contributed by atoms with E-state index in [9.17, 15) is 4.39 Å². The number of halogens is 1. The second kappa shape index (κ2) is 7.41. The van der Waals surface area contributed by atoms with Crippen LogP contribution >= 0.6 is 0 Å². The summed E-state index contributed by atoms with van der Waals surface area (Å²) in [4.78, 5) is 2.31. The minimum atomic E-state index is -0.154. The molecule has 0 aromatic heterocycles. The van der Waals surface area contributed by atoms with E-state index in [0.29, 0.717) is 6.04 Å². The van der Waals surface area contributed by atoms with Crippen molar-refractivity contribution >= 4 is 0 Å². The molecule has 96 valence electrons. The third-order valence-corrected chi connectivity index (χ3v) is 2.72. The van der Waals surface area contributed by atoms with E-state index in [0.717, 1.165) is 31.7 Å². The number of hydrogen-bond acceptors (Lipinski definition) is 2. The second-order valence-electron chi connectivity index (χ2n) is 4.61. The maximum absolute atomic E-state index is 13.0. The van der Waals surface area contributed by atoms with Crippen molar-refractivity contribution in [3.05, 3.63) is 35.6 Å². The van der Waals surface area contributed by atoms with Crippen LogP contribution in [-0.2, 0) is 6.54 Å². The molecule has 0 saturated carbocycles. The third kappa shape index (κ3) is 5.80. The monoisotopic (exact) mass is 238 g/mol. The first-order valence-electron chi connectivity index (χ1n) is 6.32. The van der Waals surface area contributed by atoms with Gasteiger partial charge in [-0.25, -0.2) is 4.39 Å². The third-order valence-electron chi connectivity index (χ3n) is 2.72. The second-order valence-corrected chi connectivity index (χ2v) is 4.61. The average molecular weight is 238 g/mol. The van der Waals surface area contributed by atoms with Crippen molar-refractivity contribution in [3.63, 3.8) is 0 Å². The average Bonchev–Trinajstić information content (AvgIpc) is 2.27. The molecule has 17 heavy (non-hydrogen) atoms. The molecule has 0 aliphatic carbocycles. The van der Waals surface area contributed by atoms with Gasteiger partial charge in [-0.15, -0.1) is 0 Å². The van der Waals surface area contributed by atoms with Crippen molar-refractivity contribution in [1.29, 1.82) is 0 Å². The van der Waals surface area contributed by atoms with Gasteiger partial charge in [-0.05, 0) is 24.2 Å². The van der Waals surface area contributed by atoms with Crippen molar-refractivity contribution in [2.45, 2.75) is 33.4 Å². The van der Waals surface area contributed by atoms with Crippen molar-refractivity contribution < 1.29 is 4.39 Å². The van der Waals surface area contributed by atoms with Crippen molar-refractivity contribution in [3.8, 4) is 0 Å². The predicted molar refractivity (Wildman–Crippen MR) is 70.5 cm³/mol. The molecule has 2 nitrogen and oxygen atoms in total. The Bertz CT molecular complexity index is 326. The molecule has 0 aliphatic rings. The molecule has 0 saturated heterocycles. The number of likely N-dealkylation sites (N-methyl/N-ethyl adjacent to an activating group) is 1. The number of benzene rings is 1. The number of hydrogen-bond donors (Lipinski definition) is 1. The number of nitrogens with zero attached hydrogens (tertiary/aromatic N) is 1. The molecular weight excluding hydrogens is 215 g/mol. The zero-order valence-corrected chi connectivity index (χ0v) is 11.0. The Morgan fingerprint density at radius 1 is 1.35 bits per heavy atom. The first kappa shape index (κ1) is 14.1. The zero-order chi connectivity index (χ0) is 12.7. The van der Waals surface area contributed by atoms with Gasteiger partial charge in [0.2, 0.25) is 0 Å². The summed E-state index contributed by atoms with van der Waals surface area (Å²) in [7, 11) is 0. The van der Waals surface area contributed by atoms with Crippen molar-refractivity contribution in [2.75, 3.05) is 19.6 Å². The molecule has 0 aliphatic heterocycles. The summed E-state index contributed by atoms with van der Waals surface area (Å²) in [5.41, 5.74) is 1.04. The van der Waals surface area contributed by atoms with Crippen LogP contribution in [0.15, 0.2) is 24.3 Å². The van der Waals surface area contributed by atoms with E-state index >= 15 is 0 Å². The van der Waals surface area contributed by atoms with E-state index in [-0.39, 0.29) is 5.82 Å². The quantitative estimate of drug-likeness (QED) is 0.785. The lowest BCUT2D eigenvalue weighted by molar-refractivity contribution is 0.276. The Kier molecular flexibility index (Phi) is 6.16. The molecule has 1 rings (SSSR count). The summed E-state index contributed by atoms with van der Waals surface area (Å²) in [6.45, 7) is 10.2. The fraction of sp³-hybridized carbons (Fsp3) is 0.571. The molecular formula is C14H23FN2. The minimum absolute atomic E-state index is 0.154. The van der Waals surface area contributed by atoms with Gasteiger partial charge in [-0.3, -0.25) is 4.90 Å².